The van der Waals surface area contributed by atoms with Gasteiger partial charge in [0.25, 0.3) is 0 Å². The maximum atomic E-state index is 9.91. The van der Waals surface area contributed by atoms with Crippen molar-refractivity contribution in [3.8, 4) is 6.07 Å². The Bertz CT molecular complexity index is 597. The van der Waals surface area contributed by atoms with Gasteiger partial charge in [0, 0.05) is 25.2 Å². The highest BCUT2D eigenvalue weighted by molar-refractivity contribution is 5.33. The largest absolute Gasteiger partial charge is 0.304 e. The second-order valence-corrected chi connectivity index (χ2v) is 8.22. The van der Waals surface area contributed by atoms with E-state index in [1.807, 2.05) is 6.07 Å². The lowest BCUT2D eigenvalue weighted by atomic mass is 9.68. The van der Waals surface area contributed by atoms with Gasteiger partial charge in [-0.2, -0.15) is 5.26 Å². The van der Waals surface area contributed by atoms with Gasteiger partial charge < -0.3 is 4.90 Å². The molecule has 1 aromatic carbocycles. The van der Waals surface area contributed by atoms with Crippen LogP contribution in [0.2, 0.25) is 0 Å². The molecule has 1 aliphatic carbocycles. The highest BCUT2D eigenvalue weighted by Gasteiger charge is 2.44. The lowest BCUT2D eigenvalue weighted by Gasteiger charge is -2.46. The zero-order valence-corrected chi connectivity index (χ0v) is 14.8. The van der Waals surface area contributed by atoms with E-state index >= 15 is 0 Å². The first-order valence-corrected chi connectivity index (χ1v) is 9.63. The molecule has 0 spiro atoms. The minimum Gasteiger partial charge on any atom is -0.304 e. The highest BCUT2D eigenvalue weighted by Crippen LogP contribution is 2.42. The Morgan fingerprint density at radius 1 is 1.08 bits per heavy atom. The quantitative estimate of drug-likeness (QED) is 0.835. The van der Waals surface area contributed by atoms with Crippen molar-refractivity contribution >= 4 is 0 Å². The van der Waals surface area contributed by atoms with Gasteiger partial charge in [0.15, 0.2) is 0 Å². The molecule has 4 rings (SSSR count). The number of piperidine rings is 1. The third-order valence-corrected chi connectivity index (χ3v) is 6.82. The van der Waals surface area contributed by atoms with Gasteiger partial charge in [0.2, 0.25) is 0 Å². The molecule has 3 nitrogen and oxygen atoms in total. The molecule has 2 aliphatic heterocycles. The summed E-state index contributed by atoms with van der Waals surface area (Å²) in [4.78, 5) is 5.34. The molecule has 0 radical (unpaired) electrons. The van der Waals surface area contributed by atoms with Crippen LogP contribution in [0.4, 0.5) is 0 Å². The summed E-state index contributed by atoms with van der Waals surface area (Å²) in [6.45, 7) is 3.79. The second-order valence-electron chi connectivity index (χ2n) is 8.22. The fourth-order valence-corrected chi connectivity index (χ4v) is 5.53. The molecule has 3 aliphatic rings. The number of likely N-dealkylation sites (tertiary alicyclic amines) is 2. The molecule has 1 aromatic rings. The number of rotatable bonds is 2. The molecule has 24 heavy (non-hydrogen) atoms. The van der Waals surface area contributed by atoms with Crippen LogP contribution in [0.5, 0.6) is 0 Å². The van der Waals surface area contributed by atoms with Crippen molar-refractivity contribution in [2.75, 3.05) is 26.7 Å². The van der Waals surface area contributed by atoms with Crippen LogP contribution in [0.25, 0.3) is 0 Å². The summed E-state index contributed by atoms with van der Waals surface area (Å²) in [5.74, 6) is 0.875. The minimum atomic E-state index is -0.251. The topological polar surface area (TPSA) is 30.3 Å². The van der Waals surface area contributed by atoms with E-state index in [0.717, 1.165) is 24.8 Å². The predicted molar refractivity (Wildman–Crippen MR) is 96.7 cm³/mol. The molecule has 3 fully saturated rings. The molecule has 2 unspecified atom stereocenters. The SMILES string of the molecule is CN1CC2CCCN(C3CCC(C#N)(c4ccccc4)CC3)C2C1. The maximum absolute atomic E-state index is 9.91. The van der Waals surface area contributed by atoms with Gasteiger partial charge in [0.1, 0.15) is 0 Å². The van der Waals surface area contributed by atoms with Gasteiger partial charge in [-0.1, -0.05) is 30.3 Å². The third kappa shape index (κ3) is 2.76. The van der Waals surface area contributed by atoms with E-state index in [2.05, 4.69) is 47.2 Å². The lowest BCUT2D eigenvalue weighted by molar-refractivity contribution is 0.0490. The highest BCUT2D eigenvalue weighted by atomic mass is 15.3. The fourth-order valence-electron chi connectivity index (χ4n) is 5.53. The molecule has 2 atom stereocenters. The zero-order chi connectivity index (χ0) is 16.6. The Hall–Kier alpha value is -1.37. The summed E-state index contributed by atoms with van der Waals surface area (Å²) < 4.78 is 0. The number of hydrogen-bond donors (Lipinski definition) is 0. The summed E-state index contributed by atoms with van der Waals surface area (Å²) in [6.07, 6.45) is 7.15. The monoisotopic (exact) mass is 323 g/mol. The van der Waals surface area contributed by atoms with Crippen LogP contribution in [0.3, 0.4) is 0 Å². The molecule has 1 saturated carbocycles. The van der Waals surface area contributed by atoms with E-state index in [4.69, 9.17) is 0 Å². The first-order chi connectivity index (χ1) is 11.7. The molecule has 0 N–H and O–H groups in total. The average molecular weight is 323 g/mol. The van der Waals surface area contributed by atoms with Gasteiger partial charge >= 0.3 is 0 Å². The molecule has 128 valence electrons. The minimum absolute atomic E-state index is 0.251. The lowest BCUT2D eigenvalue weighted by Crippen LogP contribution is -2.52. The number of nitrogens with zero attached hydrogens (tertiary/aromatic N) is 3. The van der Waals surface area contributed by atoms with E-state index in [-0.39, 0.29) is 5.41 Å². The van der Waals surface area contributed by atoms with Crippen LogP contribution in [0, 0.1) is 17.2 Å². The standard InChI is InChI=1S/C21H29N3/c1-23-14-17-6-5-13-24(20(17)15-23)19-9-11-21(16-22,12-10-19)18-7-3-2-4-8-18/h2-4,7-8,17,19-20H,5-6,9-15H2,1H3. The Morgan fingerprint density at radius 3 is 2.54 bits per heavy atom. The van der Waals surface area contributed by atoms with E-state index in [9.17, 15) is 5.26 Å². The van der Waals surface area contributed by atoms with Crippen molar-refractivity contribution < 1.29 is 0 Å². The maximum Gasteiger partial charge on any atom is 0.0823 e. The van der Waals surface area contributed by atoms with E-state index in [0.29, 0.717) is 6.04 Å². The number of nitriles is 1. The average Bonchev–Trinajstić information content (AvgIpc) is 3.03. The smallest absolute Gasteiger partial charge is 0.0823 e. The van der Waals surface area contributed by atoms with Gasteiger partial charge in [-0.25, -0.2) is 0 Å². The molecule has 0 aromatic heterocycles. The molecule has 2 saturated heterocycles. The van der Waals surface area contributed by atoms with Crippen molar-refractivity contribution in [2.45, 2.75) is 56.0 Å². The van der Waals surface area contributed by atoms with Crippen molar-refractivity contribution in [1.82, 2.24) is 9.80 Å². The van der Waals surface area contributed by atoms with Crippen LogP contribution in [-0.4, -0.2) is 48.6 Å². The number of fused-ring (bicyclic) bond motifs is 1. The molecule has 0 amide bonds. The Balaban J connectivity index is 1.47. The Kier molecular flexibility index (Phi) is 4.37. The van der Waals surface area contributed by atoms with Gasteiger partial charge in [0.05, 0.1) is 11.5 Å². The third-order valence-electron chi connectivity index (χ3n) is 6.82. The molecular formula is C21H29N3. The van der Waals surface area contributed by atoms with E-state index in [1.54, 1.807) is 0 Å². The van der Waals surface area contributed by atoms with E-state index < -0.39 is 0 Å². The summed E-state index contributed by atoms with van der Waals surface area (Å²) >= 11 is 0. The molecule has 0 bridgehead atoms. The number of benzene rings is 1. The van der Waals surface area contributed by atoms with Crippen molar-refractivity contribution in [3.63, 3.8) is 0 Å². The second kappa shape index (κ2) is 6.50. The molecular weight excluding hydrogens is 294 g/mol. The summed E-state index contributed by atoms with van der Waals surface area (Å²) in [6, 6.07) is 14.6. The van der Waals surface area contributed by atoms with E-state index in [1.165, 1.54) is 50.9 Å². The Labute approximate surface area is 146 Å². The fraction of sp³-hybridized carbons (Fsp3) is 0.667. The van der Waals surface area contributed by atoms with Gasteiger partial charge in [-0.3, -0.25) is 4.90 Å². The van der Waals surface area contributed by atoms with Crippen LogP contribution in [0.1, 0.15) is 44.1 Å². The predicted octanol–water partition coefficient (Wildman–Crippen LogP) is 3.42. The van der Waals surface area contributed by atoms with Gasteiger partial charge in [-0.15, -0.1) is 0 Å². The van der Waals surface area contributed by atoms with Crippen molar-refractivity contribution in [3.05, 3.63) is 35.9 Å². The molecule has 2 heterocycles. The van der Waals surface area contributed by atoms with Crippen LogP contribution in [0.15, 0.2) is 30.3 Å². The van der Waals surface area contributed by atoms with Crippen LogP contribution < -0.4 is 0 Å². The zero-order valence-electron chi connectivity index (χ0n) is 14.8. The van der Waals surface area contributed by atoms with Crippen molar-refractivity contribution in [2.24, 2.45) is 5.92 Å². The Morgan fingerprint density at radius 2 is 1.83 bits per heavy atom. The summed E-state index contributed by atoms with van der Waals surface area (Å²) in [7, 11) is 2.27. The number of hydrogen-bond acceptors (Lipinski definition) is 3. The van der Waals surface area contributed by atoms with Gasteiger partial charge in [-0.05, 0) is 63.6 Å². The molecule has 3 heteroatoms. The first kappa shape index (κ1) is 16.1. The van der Waals surface area contributed by atoms with Crippen molar-refractivity contribution in [1.29, 1.82) is 5.26 Å². The normalized spacial score (nSPS) is 37.8. The summed E-state index contributed by atoms with van der Waals surface area (Å²) in [5, 5.41) is 9.91. The van der Waals surface area contributed by atoms with Crippen LogP contribution >= 0.6 is 0 Å². The first-order valence-electron chi connectivity index (χ1n) is 9.63. The van der Waals surface area contributed by atoms with Crippen LogP contribution in [-0.2, 0) is 5.41 Å². The summed E-state index contributed by atoms with van der Waals surface area (Å²) in [5.41, 5.74) is 0.974. The number of likely N-dealkylation sites (N-methyl/N-ethyl adjacent to an activating group) is 1.